The maximum absolute atomic E-state index is 12.9. The lowest BCUT2D eigenvalue weighted by atomic mass is 10.1. The van der Waals surface area contributed by atoms with Gasteiger partial charge in [0.05, 0.1) is 24.7 Å². The Labute approximate surface area is 199 Å². The van der Waals surface area contributed by atoms with Gasteiger partial charge in [0.2, 0.25) is 0 Å². The highest BCUT2D eigenvalue weighted by Crippen LogP contribution is 2.37. The molecule has 1 aliphatic rings. The van der Waals surface area contributed by atoms with Gasteiger partial charge in [-0.2, -0.15) is 8.42 Å². The normalized spacial score (nSPS) is 21.9. The molecule has 0 aliphatic carbocycles. The summed E-state index contributed by atoms with van der Waals surface area (Å²) in [5.41, 5.74) is 1.97. The molecule has 0 aromatic heterocycles. The molecule has 0 unspecified atom stereocenters. The van der Waals surface area contributed by atoms with Crippen molar-refractivity contribution in [1.29, 1.82) is 0 Å². The van der Waals surface area contributed by atoms with E-state index in [0.717, 1.165) is 11.1 Å². The minimum atomic E-state index is -3.96. The van der Waals surface area contributed by atoms with Gasteiger partial charge in [-0.25, -0.2) is 0 Å². The molecule has 1 fully saturated rings. The first-order valence-corrected chi connectivity index (χ1v) is 15.6. The third-order valence-corrected chi connectivity index (χ3v) is 12.3. The summed E-state index contributed by atoms with van der Waals surface area (Å²) in [5, 5.41) is 0.0523. The van der Waals surface area contributed by atoms with Gasteiger partial charge >= 0.3 is 0 Å². The van der Waals surface area contributed by atoms with Crippen LogP contribution in [0.2, 0.25) is 18.1 Å². The Morgan fingerprint density at radius 2 is 1.67 bits per heavy atom. The fourth-order valence-electron chi connectivity index (χ4n) is 3.28. The molecule has 0 bridgehead atoms. The standard InChI is InChI=1S/C25H36O6SSi/c1-19-12-14-21(15-13-19)32(26,27)31-23-17-28-22(18-30-33(5,6)25(2,3)4)24(23)29-16-20-10-8-7-9-11-20/h7-15,22-24H,16-18H2,1-6H3/t22-,23+,24+/m0/s1. The highest BCUT2D eigenvalue weighted by molar-refractivity contribution is 7.86. The van der Waals surface area contributed by atoms with Crippen LogP contribution < -0.4 is 0 Å². The molecule has 182 valence electrons. The third-order valence-electron chi connectivity index (χ3n) is 6.47. The van der Waals surface area contributed by atoms with Gasteiger partial charge in [-0.05, 0) is 42.8 Å². The molecule has 0 amide bonds. The Morgan fingerprint density at radius 3 is 2.27 bits per heavy atom. The summed E-state index contributed by atoms with van der Waals surface area (Å²) in [6.45, 7) is 13.6. The zero-order valence-electron chi connectivity index (χ0n) is 20.4. The van der Waals surface area contributed by atoms with Gasteiger partial charge in [0, 0.05) is 0 Å². The molecule has 1 saturated heterocycles. The first-order chi connectivity index (χ1) is 15.4. The number of hydrogen-bond acceptors (Lipinski definition) is 6. The van der Waals surface area contributed by atoms with Gasteiger partial charge in [0.1, 0.15) is 18.3 Å². The average molecular weight is 493 g/mol. The fraction of sp³-hybridized carbons (Fsp3) is 0.520. The summed E-state index contributed by atoms with van der Waals surface area (Å²) in [4.78, 5) is 0.121. The molecule has 1 aliphatic heterocycles. The maximum atomic E-state index is 12.9. The first-order valence-electron chi connectivity index (χ1n) is 11.3. The molecule has 2 aromatic carbocycles. The molecule has 8 heteroatoms. The molecule has 2 aromatic rings. The topological polar surface area (TPSA) is 71.1 Å². The largest absolute Gasteiger partial charge is 0.414 e. The number of hydrogen-bond donors (Lipinski definition) is 0. The Morgan fingerprint density at radius 1 is 1.03 bits per heavy atom. The van der Waals surface area contributed by atoms with E-state index in [2.05, 4.69) is 33.9 Å². The van der Waals surface area contributed by atoms with E-state index in [9.17, 15) is 8.42 Å². The second-order valence-electron chi connectivity index (χ2n) is 10.1. The summed E-state index contributed by atoms with van der Waals surface area (Å²) in [5.74, 6) is 0. The molecule has 0 radical (unpaired) electrons. The minimum absolute atomic E-state index is 0.0523. The van der Waals surface area contributed by atoms with Gasteiger partial charge in [0.15, 0.2) is 8.32 Å². The quantitative estimate of drug-likeness (QED) is 0.359. The van der Waals surface area contributed by atoms with Crippen molar-refractivity contribution in [2.45, 2.75) is 75.6 Å². The highest BCUT2D eigenvalue weighted by Gasteiger charge is 2.44. The van der Waals surface area contributed by atoms with Crippen LogP contribution in [0.3, 0.4) is 0 Å². The van der Waals surface area contributed by atoms with Crippen LogP contribution in [0.25, 0.3) is 0 Å². The monoisotopic (exact) mass is 492 g/mol. The number of benzene rings is 2. The zero-order valence-corrected chi connectivity index (χ0v) is 22.2. The Kier molecular flexibility index (Phi) is 8.19. The SMILES string of the molecule is Cc1ccc(S(=O)(=O)O[C@@H]2CO[C@@H](CO[Si](C)(C)C(C)(C)C)[C@H]2OCc2ccccc2)cc1. The van der Waals surface area contributed by atoms with Gasteiger partial charge in [0.25, 0.3) is 10.1 Å². The van der Waals surface area contributed by atoms with E-state index in [-0.39, 0.29) is 16.5 Å². The van der Waals surface area contributed by atoms with Crippen molar-refractivity contribution in [2.75, 3.05) is 13.2 Å². The van der Waals surface area contributed by atoms with Gasteiger partial charge in [-0.15, -0.1) is 0 Å². The molecule has 0 spiro atoms. The number of rotatable bonds is 9. The van der Waals surface area contributed by atoms with Crippen molar-refractivity contribution in [3.8, 4) is 0 Å². The molecule has 3 atom stereocenters. The average Bonchev–Trinajstić information content (AvgIpc) is 3.11. The van der Waals surface area contributed by atoms with Crippen LogP contribution >= 0.6 is 0 Å². The summed E-state index contributed by atoms with van der Waals surface area (Å²) in [7, 11) is -5.97. The second-order valence-corrected chi connectivity index (χ2v) is 16.5. The smallest absolute Gasteiger partial charge is 0.297 e. The zero-order chi connectivity index (χ0) is 24.3. The summed E-state index contributed by atoms with van der Waals surface area (Å²) in [6, 6.07) is 16.4. The maximum Gasteiger partial charge on any atom is 0.297 e. The summed E-state index contributed by atoms with van der Waals surface area (Å²) in [6.07, 6.45) is -1.75. The molecule has 1 heterocycles. The first kappa shape index (κ1) is 26.1. The molecule has 6 nitrogen and oxygen atoms in total. The van der Waals surface area contributed by atoms with Crippen molar-refractivity contribution in [1.82, 2.24) is 0 Å². The Balaban J connectivity index is 1.75. The van der Waals surface area contributed by atoms with Crippen molar-refractivity contribution in [2.24, 2.45) is 0 Å². The lowest BCUT2D eigenvalue weighted by molar-refractivity contribution is -0.0537. The van der Waals surface area contributed by atoms with E-state index in [1.165, 1.54) is 0 Å². The van der Waals surface area contributed by atoms with Crippen LogP contribution in [0.1, 0.15) is 31.9 Å². The molecular formula is C25H36O6SSi. The fourth-order valence-corrected chi connectivity index (χ4v) is 5.37. The van der Waals surface area contributed by atoms with Crippen LogP contribution in [-0.4, -0.2) is 48.3 Å². The Hall–Kier alpha value is -1.55. The van der Waals surface area contributed by atoms with E-state index in [4.69, 9.17) is 18.1 Å². The van der Waals surface area contributed by atoms with Crippen molar-refractivity contribution in [3.63, 3.8) is 0 Å². The number of aryl methyl sites for hydroxylation is 1. The van der Waals surface area contributed by atoms with E-state index in [1.807, 2.05) is 37.3 Å². The van der Waals surface area contributed by atoms with E-state index in [0.29, 0.717) is 13.2 Å². The van der Waals surface area contributed by atoms with Crippen molar-refractivity contribution in [3.05, 3.63) is 65.7 Å². The lowest BCUT2D eigenvalue weighted by Crippen LogP contribution is -2.45. The molecule has 3 rings (SSSR count). The van der Waals surface area contributed by atoms with Crippen LogP contribution in [-0.2, 0) is 34.8 Å². The molecular weight excluding hydrogens is 456 g/mol. The van der Waals surface area contributed by atoms with E-state index < -0.39 is 36.7 Å². The van der Waals surface area contributed by atoms with Crippen molar-refractivity contribution >= 4 is 18.4 Å². The minimum Gasteiger partial charge on any atom is -0.414 e. The van der Waals surface area contributed by atoms with Crippen LogP contribution in [0.5, 0.6) is 0 Å². The highest BCUT2D eigenvalue weighted by atomic mass is 32.2. The van der Waals surface area contributed by atoms with Gasteiger partial charge < -0.3 is 13.9 Å². The summed E-state index contributed by atoms with van der Waals surface area (Å²) < 4.78 is 50.0. The second kappa shape index (κ2) is 10.4. The third kappa shape index (κ3) is 6.74. The van der Waals surface area contributed by atoms with Crippen LogP contribution in [0, 0.1) is 6.92 Å². The van der Waals surface area contributed by atoms with Crippen LogP contribution in [0.15, 0.2) is 59.5 Å². The predicted octanol–water partition coefficient (Wildman–Crippen LogP) is 5.07. The predicted molar refractivity (Wildman–Crippen MR) is 131 cm³/mol. The molecule has 0 saturated carbocycles. The summed E-state index contributed by atoms with van der Waals surface area (Å²) >= 11 is 0. The van der Waals surface area contributed by atoms with Crippen LogP contribution in [0.4, 0.5) is 0 Å². The van der Waals surface area contributed by atoms with Gasteiger partial charge in [-0.1, -0.05) is 68.8 Å². The molecule has 0 N–H and O–H groups in total. The molecule has 33 heavy (non-hydrogen) atoms. The van der Waals surface area contributed by atoms with E-state index >= 15 is 0 Å². The van der Waals surface area contributed by atoms with Crippen molar-refractivity contribution < 1.29 is 26.5 Å². The lowest BCUT2D eigenvalue weighted by Gasteiger charge is -2.37. The Bertz CT molecular complexity index is 999. The van der Waals surface area contributed by atoms with Gasteiger partial charge in [-0.3, -0.25) is 4.18 Å². The van der Waals surface area contributed by atoms with E-state index in [1.54, 1.807) is 24.3 Å². The number of ether oxygens (including phenoxy) is 2.